The van der Waals surface area contributed by atoms with Crippen molar-refractivity contribution in [3.05, 3.63) is 35.4 Å². The molecule has 2 rings (SSSR count). The van der Waals surface area contributed by atoms with Gasteiger partial charge in [0.15, 0.2) is 0 Å². The fourth-order valence-electron chi connectivity index (χ4n) is 3.10. The zero-order valence-corrected chi connectivity index (χ0v) is 14.1. The van der Waals surface area contributed by atoms with Gasteiger partial charge in [-0.15, -0.1) is 0 Å². The number of carbonyl (C=O) groups is 2. The second kappa shape index (κ2) is 8.36. The van der Waals surface area contributed by atoms with Gasteiger partial charge in [-0.25, -0.2) is 4.79 Å². The van der Waals surface area contributed by atoms with Crippen molar-refractivity contribution in [1.29, 1.82) is 0 Å². The molecule has 0 aliphatic heterocycles. The first-order valence-electron chi connectivity index (χ1n) is 8.35. The fourth-order valence-corrected chi connectivity index (χ4v) is 3.10. The predicted molar refractivity (Wildman–Crippen MR) is 85.7 cm³/mol. The normalized spacial score (nSPS) is 17.0. The third kappa shape index (κ3) is 5.47. The highest BCUT2D eigenvalue weighted by Gasteiger charge is 2.31. The van der Waals surface area contributed by atoms with Gasteiger partial charge in [0.2, 0.25) is 5.91 Å². The molecule has 1 atom stereocenters. The van der Waals surface area contributed by atoms with E-state index in [2.05, 4.69) is 5.32 Å². The predicted octanol–water partition coefficient (Wildman–Crippen LogP) is 3.49. The second-order valence-electron chi connectivity index (χ2n) is 6.32. The molecule has 1 saturated carbocycles. The molecule has 0 aromatic heterocycles. The van der Waals surface area contributed by atoms with Crippen LogP contribution in [0, 0.1) is 5.92 Å². The lowest BCUT2D eigenvalue weighted by Gasteiger charge is -2.24. The lowest BCUT2D eigenvalue weighted by molar-refractivity contribution is -0.145. The highest BCUT2D eigenvalue weighted by Crippen LogP contribution is 2.30. The summed E-state index contributed by atoms with van der Waals surface area (Å²) in [6.45, 7) is 0. The van der Waals surface area contributed by atoms with Crippen LogP contribution in [0.3, 0.4) is 0 Å². The number of benzene rings is 1. The summed E-state index contributed by atoms with van der Waals surface area (Å²) < 4.78 is 43.2. The number of methoxy groups -OCH3 is 1. The minimum Gasteiger partial charge on any atom is -0.467 e. The summed E-state index contributed by atoms with van der Waals surface area (Å²) in [6, 6.07) is 3.75. The van der Waals surface area contributed by atoms with Crippen molar-refractivity contribution in [2.45, 2.75) is 50.7 Å². The van der Waals surface area contributed by atoms with Gasteiger partial charge in [0, 0.05) is 12.3 Å². The molecule has 1 aliphatic carbocycles. The Labute approximate surface area is 144 Å². The fraction of sp³-hybridized carbons (Fsp3) is 0.556. The monoisotopic (exact) mass is 357 g/mol. The van der Waals surface area contributed by atoms with E-state index in [0.717, 1.165) is 44.2 Å². The summed E-state index contributed by atoms with van der Waals surface area (Å²) in [7, 11) is 1.19. The van der Waals surface area contributed by atoms with Gasteiger partial charge in [0.1, 0.15) is 6.04 Å². The maximum Gasteiger partial charge on any atom is 0.416 e. The minimum atomic E-state index is -4.46. The molecule has 0 spiro atoms. The number of rotatable bonds is 5. The van der Waals surface area contributed by atoms with E-state index in [-0.39, 0.29) is 18.2 Å². The molecule has 0 radical (unpaired) electrons. The van der Waals surface area contributed by atoms with Crippen molar-refractivity contribution in [1.82, 2.24) is 5.32 Å². The van der Waals surface area contributed by atoms with Crippen molar-refractivity contribution < 1.29 is 27.5 Å². The van der Waals surface area contributed by atoms with Crippen LogP contribution < -0.4 is 5.32 Å². The zero-order valence-electron chi connectivity index (χ0n) is 14.1. The van der Waals surface area contributed by atoms with E-state index in [1.807, 2.05) is 0 Å². The van der Waals surface area contributed by atoms with Crippen LogP contribution in [-0.2, 0) is 26.9 Å². The van der Waals surface area contributed by atoms with Gasteiger partial charge in [-0.3, -0.25) is 4.79 Å². The summed E-state index contributed by atoms with van der Waals surface area (Å²) in [5.74, 6) is -1.05. The summed E-state index contributed by atoms with van der Waals surface area (Å²) in [5.41, 5.74) is -0.471. The molecule has 1 N–H and O–H groups in total. The van der Waals surface area contributed by atoms with Crippen LogP contribution in [0.1, 0.15) is 43.2 Å². The number of carbonyl (C=O) groups excluding carboxylic acids is 2. The number of hydrogen-bond donors (Lipinski definition) is 1. The maximum atomic E-state index is 12.8. The first kappa shape index (κ1) is 19.3. The summed E-state index contributed by atoms with van der Waals surface area (Å²) in [4.78, 5) is 24.3. The number of hydrogen-bond acceptors (Lipinski definition) is 3. The number of ether oxygens (including phenoxy) is 1. The highest BCUT2D eigenvalue weighted by atomic mass is 19.4. The van der Waals surface area contributed by atoms with E-state index < -0.39 is 23.8 Å². The number of amides is 1. The Bertz CT molecular complexity index is 610. The van der Waals surface area contributed by atoms with Crippen LogP contribution in [0.4, 0.5) is 13.2 Å². The van der Waals surface area contributed by atoms with E-state index >= 15 is 0 Å². The molecule has 1 aromatic carbocycles. The molecule has 0 bridgehead atoms. The molecule has 1 amide bonds. The molecule has 1 aromatic rings. The molecule has 1 fully saturated rings. The molecule has 138 valence electrons. The second-order valence-corrected chi connectivity index (χ2v) is 6.32. The van der Waals surface area contributed by atoms with E-state index in [1.165, 1.54) is 19.2 Å². The summed E-state index contributed by atoms with van der Waals surface area (Å²) in [6.07, 6.45) is 0.0569. The Balaban J connectivity index is 2.10. The first-order valence-corrected chi connectivity index (χ1v) is 8.35. The highest BCUT2D eigenvalue weighted by molar-refractivity contribution is 5.86. The van der Waals surface area contributed by atoms with Gasteiger partial charge < -0.3 is 10.1 Å². The molecule has 0 saturated heterocycles. The first-order chi connectivity index (χ1) is 11.8. The number of halogens is 3. The molecule has 7 heteroatoms. The Morgan fingerprint density at radius 3 is 2.52 bits per heavy atom. The molecule has 0 unspecified atom stereocenters. The van der Waals surface area contributed by atoms with E-state index in [9.17, 15) is 22.8 Å². The number of esters is 1. The molecule has 0 heterocycles. The third-order valence-corrected chi connectivity index (χ3v) is 4.47. The quantitative estimate of drug-likeness (QED) is 0.821. The molecule has 4 nitrogen and oxygen atoms in total. The average molecular weight is 357 g/mol. The smallest absolute Gasteiger partial charge is 0.416 e. The van der Waals surface area contributed by atoms with Crippen LogP contribution in [0.15, 0.2) is 24.3 Å². The average Bonchev–Trinajstić information content (AvgIpc) is 2.60. The zero-order chi connectivity index (χ0) is 18.4. The van der Waals surface area contributed by atoms with E-state index in [0.29, 0.717) is 5.56 Å². The van der Waals surface area contributed by atoms with Crippen LogP contribution >= 0.6 is 0 Å². The van der Waals surface area contributed by atoms with Crippen LogP contribution in [-0.4, -0.2) is 25.0 Å². The molecular weight excluding hydrogens is 335 g/mol. The van der Waals surface area contributed by atoms with Gasteiger partial charge in [0.25, 0.3) is 0 Å². The largest absolute Gasteiger partial charge is 0.467 e. The van der Waals surface area contributed by atoms with Crippen molar-refractivity contribution in [2.75, 3.05) is 7.11 Å². The molecule has 1 aliphatic rings. The number of nitrogens with one attached hydrogen (secondary N) is 1. The molecule has 25 heavy (non-hydrogen) atoms. The lowest BCUT2D eigenvalue weighted by Crippen LogP contribution is -2.45. The van der Waals surface area contributed by atoms with Gasteiger partial charge in [-0.1, -0.05) is 37.5 Å². The van der Waals surface area contributed by atoms with Crippen molar-refractivity contribution >= 4 is 11.9 Å². The maximum absolute atomic E-state index is 12.8. The Morgan fingerprint density at radius 1 is 1.24 bits per heavy atom. The topological polar surface area (TPSA) is 55.4 Å². The van der Waals surface area contributed by atoms with Gasteiger partial charge in [-0.05, 0) is 24.5 Å². The van der Waals surface area contributed by atoms with Crippen LogP contribution in [0.2, 0.25) is 0 Å². The number of alkyl halides is 3. The van der Waals surface area contributed by atoms with Crippen molar-refractivity contribution in [3.8, 4) is 0 Å². The Hall–Kier alpha value is -2.05. The van der Waals surface area contributed by atoms with Crippen LogP contribution in [0.5, 0.6) is 0 Å². The Morgan fingerprint density at radius 2 is 1.92 bits per heavy atom. The third-order valence-electron chi connectivity index (χ3n) is 4.47. The summed E-state index contributed by atoms with van der Waals surface area (Å²) in [5, 5.41) is 2.65. The SMILES string of the molecule is COC(=O)[C@@H](Cc1cccc(C(F)(F)F)c1)NC(=O)C1CCCCC1. The van der Waals surface area contributed by atoms with Gasteiger partial charge >= 0.3 is 12.1 Å². The summed E-state index contributed by atoms with van der Waals surface area (Å²) >= 11 is 0. The van der Waals surface area contributed by atoms with E-state index in [1.54, 1.807) is 0 Å². The van der Waals surface area contributed by atoms with Crippen LogP contribution in [0.25, 0.3) is 0 Å². The standard InChI is InChI=1S/C18H22F3NO3/c1-25-17(24)15(22-16(23)13-7-3-2-4-8-13)11-12-6-5-9-14(10-12)18(19,20)21/h5-6,9-10,13,15H,2-4,7-8,11H2,1H3,(H,22,23)/t15-/m1/s1. The molecular formula is C18H22F3NO3. The van der Waals surface area contributed by atoms with Gasteiger partial charge in [0.05, 0.1) is 12.7 Å². The van der Waals surface area contributed by atoms with Gasteiger partial charge in [-0.2, -0.15) is 13.2 Å². The lowest BCUT2D eigenvalue weighted by atomic mass is 9.88. The van der Waals surface area contributed by atoms with E-state index in [4.69, 9.17) is 4.74 Å². The Kier molecular flexibility index (Phi) is 6.45. The van der Waals surface area contributed by atoms with Crippen molar-refractivity contribution in [3.63, 3.8) is 0 Å². The van der Waals surface area contributed by atoms with Crippen molar-refractivity contribution in [2.24, 2.45) is 5.92 Å². The minimum absolute atomic E-state index is 0.0466.